The van der Waals surface area contributed by atoms with Gasteiger partial charge in [0.05, 0.1) is 12.3 Å². The quantitative estimate of drug-likeness (QED) is 0.334. The van der Waals surface area contributed by atoms with Gasteiger partial charge in [-0.05, 0) is 54.8 Å². The predicted octanol–water partition coefficient (Wildman–Crippen LogP) is 3.79. The molecule has 182 valence electrons. The molecule has 1 unspecified atom stereocenters. The molecule has 3 rings (SSSR count). The zero-order chi connectivity index (χ0) is 25.2. The third-order valence-electron chi connectivity index (χ3n) is 5.30. The van der Waals surface area contributed by atoms with Crippen molar-refractivity contribution < 1.29 is 29.3 Å². The molecule has 3 aromatic rings. The summed E-state index contributed by atoms with van der Waals surface area (Å²) < 4.78 is 5.90. The lowest BCUT2D eigenvalue weighted by Gasteiger charge is -2.15. The van der Waals surface area contributed by atoms with Gasteiger partial charge in [0.25, 0.3) is 5.91 Å². The Labute approximate surface area is 203 Å². The first-order valence-corrected chi connectivity index (χ1v) is 11.2. The van der Waals surface area contributed by atoms with E-state index in [1.54, 1.807) is 30.3 Å². The first kappa shape index (κ1) is 25.3. The van der Waals surface area contributed by atoms with Crippen molar-refractivity contribution in [2.24, 2.45) is 0 Å². The van der Waals surface area contributed by atoms with E-state index in [-0.39, 0.29) is 30.2 Å². The SMILES string of the molecule is CC(NC(=O)c1ccc(NC(=O)CCc2ccccc2)c(OCCc2ccc(O)cc2)c1)C(=O)O. The molecule has 35 heavy (non-hydrogen) atoms. The average molecular weight is 477 g/mol. The number of aromatic hydroxyl groups is 1. The van der Waals surface area contributed by atoms with E-state index < -0.39 is 17.9 Å². The van der Waals surface area contributed by atoms with Crippen LogP contribution in [0.15, 0.2) is 72.8 Å². The summed E-state index contributed by atoms with van der Waals surface area (Å²) in [4.78, 5) is 36.1. The van der Waals surface area contributed by atoms with Gasteiger partial charge in [-0.2, -0.15) is 0 Å². The first-order chi connectivity index (χ1) is 16.8. The summed E-state index contributed by atoms with van der Waals surface area (Å²) >= 11 is 0. The molecule has 2 amide bonds. The zero-order valence-corrected chi connectivity index (χ0v) is 19.4. The Balaban J connectivity index is 1.71. The summed E-state index contributed by atoms with van der Waals surface area (Å²) in [6, 6.07) is 19.9. The predicted molar refractivity (Wildman–Crippen MR) is 132 cm³/mol. The monoisotopic (exact) mass is 476 g/mol. The van der Waals surface area contributed by atoms with E-state index in [4.69, 9.17) is 9.84 Å². The number of carboxylic acid groups (broad SMARTS) is 1. The van der Waals surface area contributed by atoms with Gasteiger partial charge < -0.3 is 25.6 Å². The molecule has 0 spiro atoms. The molecule has 0 radical (unpaired) electrons. The molecule has 0 aromatic heterocycles. The molecule has 0 saturated carbocycles. The smallest absolute Gasteiger partial charge is 0.325 e. The van der Waals surface area contributed by atoms with Crippen LogP contribution < -0.4 is 15.4 Å². The largest absolute Gasteiger partial charge is 0.508 e. The van der Waals surface area contributed by atoms with Crippen molar-refractivity contribution in [3.05, 3.63) is 89.5 Å². The molecule has 1 atom stereocenters. The Bertz CT molecular complexity index is 1160. The van der Waals surface area contributed by atoms with Crippen LogP contribution in [0, 0.1) is 0 Å². The van der Waals surface area contributed by atoms with Gasteiger partial charge in [0.15, 0.2) is 0 Å². The summed E-state index contributed by atoms with van der Waals surface area (Å²) in [6.07, 6.45) is 1.39. The van der Waals surface area contributed by atoms with Gasteiger partial charge in [0.2, 0.25) is 5.91 Å². The lowest BCUT2D eigenvalue weighted by atomic mass is 10.1. The summed E-state index contributed by atoms with van der Waals surface area (Å²) in [7, 11) is 0. The highest BCUT2D eigenvalue weighted by Gasteiger charge is 2.17. The topological polar surface area (TPSA) is 125 Å². The third kappa shape index (κ3) is 7.89. The van der Waals surface area contributed by atoms with Crippen molar-refractivity contribution in [2.75, 3.05) is 11.9 Å². The number of carboxylic acids is 1. The van der Waals surface area contributed by atoms with Crippen LogP contribution in [-0.2, 0) is 22.4 Å². The number of rotatable bonds is 11. The fraction of sp³-hybridized carbons (Fsp3) is 0.222. The van der Waals surface area contributed by atoms with Crippen molar-refractivity contribution in [1.82, 2.24) is 5.32 Å². The van der Waals surface area contributed by atoms with E-state index in [1.165, 1.54) is 19.1 Å². The molecule has 0 heterocycles. The van der Waals surface area contributed by atoms with Gasteiger partial charge in [0.1, 0.15) is 17.5 Å². The number of hydrogen-bond donors (Lipinski definition) is 4. The van der Waals surface area contributed by atoms with Crippen molar-refractivity contribution in [1.29, 1.82) is 0 Å². The number of carbonyl (C=O) groups is 3. The number of anilines is 1. The fourth-order valence-corrected chi connectivity index (χ4v) is 3.28. The Morgan fingerprint density at radius 1 is 0.914 bits per heavy atom. The van der Waals surface area contributed by atoms with Crippen molar-refractivity contribution >= 4 is 23.5 Å². The van der Waals surface area contributed by atoms with Crippen molar-refractivity contribution in [2.45, 2.75) is 32.2 Å². The van der Waals surface area contributed by atoms with E-state index in [0.717, 1.165) is 11.1 Å². The minimum atomic E-state index is -1.15. The molecule has 0 bridgehead atoms. The summed E-state index contributed by atoms with van der Waals surface area (Å²) in [6.45, 7) is 1.63. The molecule has 0 saturated heterocycles. The third-order valence-corrected chi connectivity index (χ3v) is 5.30. The number of benzene rings is 3. The van der Waals surface area contributed by atoms with Crippen LogP contribution in [-0.4, -0.2) is 40.6 Å². The molecule has 0 aliphatic heterocycles. The van der Waals surface area contributed by atoms with E-state index in [0.29, 0.717) is 24.3 Å². The lowest BCUT2D eigenvalue weighted by Crippen LogP contribution is -2.38. The Morgan fingerprint density at radius 2 is 1.60 bits per heavy atom. The molecule has 3 aromatic carbocycles. The normalized spacial score (nSPS) is 11.3. The molecule has 0 aliphatic carbocycles. The number of phenols is 1. The highest BCUT2D eigenvalue weighted by Crippen LogP contribution is 2.27. The number of aryl methyl sites for hydroxylation is 1. The summed E-state index contributed by atoms with van der Waals surface area (Å²) in [5, 5.41) is 23.7. The number of nitrogens with one attached hydrogen (secondary N) is 2. The Morgan fingerprint density at radius 3 is 2.29 bits per heavy atom. The second-order valence-corrected chi connectivity index (χ2v) is 8.04. The molecule has 0 aliphatic rings. The number of carbonyl (C=O) groups excluding carboxylic acids is 2. The average Bonchev–Trinajstić information content (AvgIpc) is 2.85. The maximum Gasteiger partial charge on any atom is 0.325 e. The van der Waals surface area contributed by atoms with E-state index in [9.17, 15) is 19.5 Å². The molecule has 0 fully saturated rings. The highest BCUT2D eigenvalue weighted by molar-refractivity contribution is 5.98. The van der Waals surface area contributed by atoms with Crippen LogP contribution in [0.2, 0.25) is 0 Å². The minimum absolute atomic E-state index is 0.171. The Hall–Kier alpha value is -4.33. The second-order valence-electron chi connectivity index (χ2n) is 8.04. The minimum Gasteiger partial charge on any atom is -0.508 e. The van der Waals surface area contributed by atoms with Crippen molar-refractivity contribution in [3.8, 4) is 11.5 Å². The summed E-state index contributed by atoms with van der Waals surface area (Å²) in [5.74, 6) is -1.44. The van der Waals surface area contributed by atoms with E-state index in [2.05, 4.69) is 10.6 Å². The summed E-state index contributed by atoms with van der Waals surface area (Å²) in [5.41, 5.74) is 2.62. The fourth-order valence-electron chi connectivity index (χ4n) is 3.28. The number of amides is 2. The molecule has 8 heteroatoms. The van der Waals surface area contributed by atoms with Crippen LogP contribution in [0.4, 0.5) is 5.69 Å². The van der Waals surface area contributed by atoms with Crippen LogP contribution in [0.5, 0.6) is 11.5 Å². The number of aliphatic carboxylic acids is 1. The molecule has 4 N–H and O–H groups in total. The van der Waals surface area contributed by atoms with E-state index in [1.807, 2.05) is 30.3 Å². The van der Waals surface area contributed by atoms with Gasteiger partial charge >= 0.3 is 5.97 Å². The Kier molecular flexibility index (Phi) is 8.83. The zero-order valence-electron chi connectivity index (χ0n) is 19.4. The van der Waals surface area contributed by atoms with Gasteiger partial charge in [-0.1, -0.05) is 42.5 Å². The van der Waals surface area contributed by atoms with Gasteiger partial charge in [-0.25, -0.2) is 0 Å². The van der Waals surface area contributed by atoms with Crippen LogP contribution in [0.3, 0.4) is 0 Å². The molecular formula is C27H28N2O6. The number of ether oxygens (including phenoxy) is 1. The first-order valence-electron chi connectivity index (χ1n) is 11.2. The number of hydrogen-bond acceptors (Lipinski definition) is 5. The maximum atomic E-state index is 12.6. The van der Waals surface area contributed by atoms with E-state index >= 15 is 0 Å². The lowest BCUT2D eigenvalue weighted by molar-refractivity contribution is -0.138. The van der Waals surface area contributed by atoms with Gasteiger partial charge in [-0.3, -0.25) is 14.4 Å². The molecular weight excluding hydrogens is 448 g/mol. The van der Waals surface area contributed by atoms with Crippen LogP contribution >= 0.6 is 0 Å². The van der Waals surface area contributed by atoms with Crippen molar-refractivity contribution in [3.63, 3.8) is 0 Å². The maximum absolute atomic E-state index is 12.6. The molecule has 8 nitrogen and oxygen atoms in total. The second kappa shape index (κ2) is 12.2. The van der Waals surface area contributed by atoms with Crippen LogP contribution in [0.1, 0.15) is 34.8 Å². The number of phenolic OH excluding ortho intramolecular Hbond substituents is 1. The highest BCUT2D eigenvalue weighted by atomic mass is 16.5. The standard InChI is InChI=1S/C27H28N2O6/c1-18(27(33)34)28-26(32)21-10-13-23(29-25(31)14-9-19-5-3-2-4-6-19)24(17-21)35-16-15-20-7-11-22(30)12-8-20/h2-8,10-13,17-18,30H,9,14-16H2,1H3,(H,28,32)(H,29,31)(H,33,34). The van der Waals surface area contributed by atoms with Gasteiger partial charge in [0, 0.05) is 18.4 Å². The van der Waals surface area contributed by atoms with Crippen LogP contribution in [0.25, 0.3) is 0 Å². The van der Waals surface area contributed by atoms with Gasteiger partial charge in [-0.15, -0.1) is 0 Å².